The number of carbonyl (C=O) groups excluding carboxylic acids is 1. The van der Waals surface area contributed by atoms with E-state index in [1.807, 2.05) is 29.6 Å². The lowest BCUT2D eigenvalue weighted by molar-refractivity contribution is -0.117. The smallest absolute Gasteiger partial charge is 0.229 e. The van der Waals surface area contributed by atoms with E-state index in [1.165, 1.54) is 17.6 Å². The molecule has 0 bridgehead atoms. The summed E-state index contributed by atoms with van der Waals surface area (Å²) in [6, 6.07) is 12.0. The number of nitrogens with one attached hydrogen (secondary N) is 2. The van der Waals surface area contributed by atoms with Crippen molar-refractivity contribution in [3.63, 3.8) is 0 Å². The van der Waals surface area contributed by atoms with Crippen LogP contribution in [-0.4, -0.2) is 17.1 Å². The lowest BCUT2D eigenvalue weighted by atomic mass is 9.91. The number of hydrogen-bond donors (Lipinski definition) is 3. The van der Waals surface area contributed by atoms with Gasteiger partial charge in [0.25, 0.3) is 0 Å². The van der Waals surface area contributed by atoms with Crippen LogP contribution in [0.25, 0.3) is 32.5 Å². The van der Waals surface area contributed by atoms with Crippen molar-refractivity contribution in [3.8, 4) is 22.3 Å². The van der Waals surface area contributed by atoms with Gasteiger partial charge in [0.15, 0.2) is 5.13 Å². The van der Waals surface area contributed by atoms with Crippen LogP contribution in [0.5, 0.6) is 0 Å². The Kier molecular flexibility index (Phi) is 4.41. The van der Waals surface area contributed by atoms with Crippen molar-refractivity contribution in [3.05, 3.63) is 52.7 Å². The summed E-state index contributed by atoms with van der Waals surface area (Å²) in [4.78, 5) is 16.6. The summed E-state index contributed by atoms with van der Waals surface area (Å²) in [5.74, 6) is 0.208. The van der Waals surface area contributed by atoms with Crippen molar-refractivity contribution in [2.45, 2.75) is 12.8 Å². The molecule has 1 amide bonds. The van der Waals surface area contributed by atoms with Crippen LogP contribution in [0.3, 0.4) is 0 Å². The molecule has 1 aliphatic rings. The van der Waals surface area contributed by atoms with E-state index < -0.39 is 0 Å². The number of carbonyl (C=O) groups is 1. The maximum atomic E-state index is 12.1. The third-order valence-electron chi connectivity index (χ3n) is 5.11. The molecule has 0 spiro atoms. The molecule has 5 nitrogen and oxygen atoms in total. The van der Waals surface area contributed by atoms with Crippen molar-refractivity contribution < 1.29 is 4.79 Å². The van der Waals surface area contributed by atoms with Gasteiger partial charge in [0.05, 0.1) is 10.2 Å². The van der Waals surface area contributed by atoms with Gasteiger partial charge in [-0.15, -0.1) is 0 Å². The second-order valence-corrected chi connectivity index (χ2v) is 8.92. The van der Waals surface area contributed by atoms with Crippen LogP contribution in [0.4, 0.5) is 10.8 Å². The predicted molar refractivity (Wildman–Crippen MR) is 122 cm³/mol. The zero-order chi connectivity index (χ0) is 20.0. The summed E-state index contributed by atoms with van der Waals surface area (Å²) in [5.41, 5.74) is 12.4. The number of thiazole rings is 1. The van der Waals surface area contributed by atoms with Gasteiger partial charge in [0.2, 0.25) is 5.91 Å². The Morgan fingerprint density at radius 2 is 2.07 bits per heavy atom. The van der Waals surface area contributed by atoms with Gasteiger partial charge in [-0.25, -0.2) is 4.98 Å². The minimum Gasteiger partial charge on any atom is -0.398 e. The van der Waals surface area contributed by atoms with Crippen LogP contribution in [0.15, 0.2) is 47.2 Å². The highest BCUT2D eigenvalue weighted by Crippen LogP contribution is 2.40. The predicted octanol–water partition coefficient (Wildman–Crippen LogP) is 5.62. The maximum absolute atomic E-state index is 12.1. The summed E-state index contributed by atoms with van der Waals surface area (Å²) in [7, 11) is 0. The van der Waals surface area contributed by atoms with Crippen molar-refractivity contribution in [2.24, 2.45) is 5.92 Å². The van der Waals surface area contributed by atoms with Crippen LogP contribution in [0.1, 0.15) is 18.4 Å². The van der Waals surface area contributed by atoms with Crippen LogP contribution < -0.4 is 11.1 Å². The fourth-order valence-corrected chi connectivity index (χ4v) is 5.01. The zero-order valence-electron chi connectivity index (χ0n) is 15.4. The first-order valence-corrected chi connectivity index (χ1v) is 11.1. The highest BCUT2D eigenvalue weighted by Gasteiger charge is 2.30. The monoisotopic (exact) mass is 418 g/mol. The largest absolute Gasteiger partial charge is 0.398 e. The van der Waals surface area contributed by atoms with Gasteiger partial charge in [-0.1, -0.05) is 23.5 Å². The summed E-state index contributed by atoms with van der Waals surface area (Å²) in [6.07, 6.45) is 3.25. The number of aromatic nitrogens is 1. The van der Waals surface area contributed by atoms with E-state index in [1.54, 1.807) is 11.3 Å². The zero-order valence-corrected chi connectivity index (χ0v) is 17.1. The number of hydrogen-bond acceptors (Lipinski definition) is 6. The number of nitrogens with two attached hydrogens (primary N) is 1. The molecule has 1 aliphatic carbocycles. The van der Waals surface area contributed by atoms with Crippen LogP contribution in [0, 0.1) is 11.3 Å². The highest BCUT2D eigenvalue weighted by molar-refractivity contribution is 7.22. The molecular weight excluding hydrogens is 400 g/mol. The number of fused-ring (bicyclic) bond motifs is 1. The molecule has 0 saturated heterocycles. The number of thiophene rings is 1. The fourth-order valence-electron chi connectivity index (χ4n) is 3.45. The summed E-state index contributed by atoms with van der Waals surface area (Å²) >= 11 is 3.11. The van der Waals surface area contributed by atoms with E-state index in [0.717, 1.165) is 45.3 Å². The number of rotatable bonds is 5. The van der Waals surface area contributed by atoms with E-state index in [2.05, 4.69) is 27.8 Å². The topological polar surface area (TPSA) is 91.9 Å². The van der Waals surface area contributed by atoms with Gasteiger partial charge in [0, 0.05) is 28.9 Å². The highest BCUT2D eigenvalue weighted by atomic mass is 32.1. The molecule has 2 aromatic carbocycles. The molecule has 2 aromatic heterocycles. The van der Waals surface area contributed by atoms with Crippen LogP contribution in [-0.2, 0) is 4.79 Å². The van der Waals surface area contributed by atoms with Gasteiger partial charge >= 0.3 is 0 Å². The van der Waals surface area contributed by atoms with E-state index in [9.17, 15) is 4.79 Å². The van der Waals surface area contributed by atoms with Crippen molar-refractivity contribution in [1.29, 1.82) is 5.41 Å². The number of nitrogen functional groups attached to an aromatic ring is 1. The van der Waals surface area contributed by atoms with Crippen molar-refractivity contribution >= 4 is 55.8 Å². The molecule has 7 heteroatoms. The molecule has 0 aliphatic heterocycles. The second kappa shape index (κ2) is 7.09. The first-order chi connectivity index (χ1) is 14.1. The summed E-state index contributed by atoms with van der Waals surface area (Å²) < 4.78 is 0.989. The quantitative estimate of drug-likeness (QED) is 0.290. The standard InChI is InChI=1S/C22H18N4OS2/c23-10-16-17(24)5-4-15(14-7-8-28-11-14)20(16)13-3-6-18-19(9-13)29-22(25-18)26-21(27)12-1-2-12/h3-12,23H,1-2,24H2,(H,25,26,27). The first kappa shape index (κ1) is 18.0. The number of nitrogens with zero attached hydrogens (tertiary/aromatic N) is 1. The van der Waals surface area contributed by atoms with E-state index in [4.69, 9.17) is 11.1 Å². The average molecular weight is 419 g/mol. The summed E-state index contributed by atoms with van der Waals surface area (Å²) in [6.45, 7) is 0. The Morgan fingerprint density at radius 3 is 2.79 bits per heavy atom. The lowest BCUT2D eigenvalue weighted by Crippen LogP contribution is -2.12. The Balaban J connectivity index is 1.62. The molecule has 2 heterocycles. The molecule has 1 saturated carbocycles. The fraction of sp³-hybridized carbons (Fsp3) is 0.136. The maximum Gasteiger partial charge on any atom is 0.229 e. The van der Waals surface area contributed by atoms with E-state index >= 15 is 0 Å². The van der Waals surface area contributed by atoms with E-state index in [0.29, 0.717) is 16.4 Å². The van der Waals surface area contributed by atoms with Gasteiger partial charge < -0.3 is 16.5 Å². The molecule has 144 valence electrons. The molecule has 4 aromatic rings. The number of anilines is 2. The van der Waals surface area contributed by atoms with Gasteiger partial charge in [0.1, 0.15) is 0 Å². The molecule has 29 heavy (non-hydrogen) atoms. The Bertz CT molecular complexity index is 1240. The molecule has 0 radical (unpaired) electrons. The Labute approximate surface area is 175 Å². The molecular formula is C22H18N4OS2. The van der Waals surface area contributed by atoms with E-state index in [-0.39, 0.29) is 11.8 Å². The third-order valence-corrected chi connectivity index (χ3v) is 6.73. The average Bonchev–Trinajstić information content (AvgIpc) is 3.28. The van der Waals surface area contributed by atoms with Gasteiger partial charge in [-0.2, -0.15) is 11.3 Å². The Hall–Kier alpha value is -3.03. The molecule has 4 N–H and O–H groups in total. The first-order valence-electron chi connectivity index (χ1n) is 9.31. The summed E-state index contributed by atoms with van der Waals surface area (Å²) in [5, 5.41) is 15.6. The van der Waals surface area contributed by atoms with Crippen molar-refractivity contribution in [1.82, 2.24) is 4.98 Å². The molecule has 1 fully saturated rings. The van der Waals surface area contributed by atoms with Gasteiger partial charge in [-0.05, 0) is 64.6 Å². The number of amides is 1. The van der Waals surface area contributed by atoms with Crippen LogP contribution >= 0.6 is 22.7 Å². The minimum atomic E-state index is 0.0611. The van der Waals surface area contributed by atoms with Crippen molar-refractivity contribution in [2.75, 3.05) is 11.1 Å². The molecule has 0 atom stereocenters. The van der Waals surface area contributed by atoms with Crippen LogP contribution in [0.2, 0.25) is 0 Å². The Morgan fingerprint density at radius 1 is 1.21 bits per heavy atom. The normalized spacial score (nSPS) is 13.5. The molecule has 5 rings (SSSR count). The minimum absolute atomic E-state index is 0.0611. The lowest BCUT2D eigenvalue weighted by Gasteiger charge is -2.14. The third kappa shape index (κ3) is 3.32. The SMILES string of the molecule is N=Cc1c(N)ccc(-c2ccsc2)c1-c1ccc2nc(NC(=O)C3CC3)sc2c1. The number of benzene rings is 2. The molecule has 0 unspecified atom stereocenters. The second-order valence-electron chi connectivity index (χ2n) is 7.11. The van der Waals surface area contributed by atoms with Gasteiger partial charge in [-0.3, -0.25) is 4.79 Å².